The first-order chi connectivity index (χ1) is 30.6. The maximum absolute atomic E-state index is 3.72. The Labute approximate surface area is 362 Å². The lowest BCUT2D eigenvalue weighted by Gasteiger charge is -2.21. The molecule has 0 bridgehead atoms. The van der Waals surface area contributed by atoms with Crippen LogP contribution in [0, 0.1) is 0 Å². The van der Waals surface area contributed by atoms with Crippen molar-refractivity contribution in [1.82, 2.24) is 0 Å². The summed E-state index contributed by atoms with van der Waals surface area (Å²) in [5.41, 5.74) is 15.5. The van der Waals surface area contributed by atoms with E-state index in [9.17, 15) is 0 Å². The van der Waals surface area contributed by atoms with Crippen molar-refractivity contribution in [2.24, 2.45) is 0 Å². The van der Waals surface area contributed by atoms with Crippen LogP contribution >= 0.6 is 0 Å². The van der Waals surface area contributed by atoms with E-state index in [-0.39, 0.29) is 0 Å². The summed E-state index contributed by atoms with van der Waals surface area (Å²) < 4.78 is 0. The highest BCUT2D eigenvalue weighted by atomic mass is 15.0. The summed E-state index contributed by atoms with van der Waals surface area (Å²) in [4.78, 5) is 0. The second-order valence-electron chi connectivity index (χ2n) is 14.7. The van der Waals surface area contributed by atoms with E-state index in [0.29, 0.717) is 0 Å². The molecule has 0 fully saturated rings. The van der Waals surface area contributed by atoms with Gasteiger partial charge < -0.3 is 42.5 Å². The van der Waals surface area contributed by atoms with E-state index in [2.05, 4.69) is 200 Å². The average molecular weight is 807 g/mol. The van der Waals surface area contributed by atoms with E-state index in [1.807, 2.05) is 72.8 Å². The predicted molar refractivity (Wildman–Crippen MR) is 264 cm³/mol. The van der Waals surface area contributed by atoms with Gasteiger partial charge in [-0.25, -0.2) is 0 Å². The van der Waals surface area contributed by atoms with Crippen molar-refractivity contribution in [3.05, 3.63) is 231 Å². The first-order valence-corrected chi connectivity index (χ1v) is 20.6. The Kier molecular flexibility index (Phi) is 11.9. The van der Waals surface area contributed by atoms with E-state index >= 15 is 0 Å². The molecule has 9 aromatic carbocycles. The summed E-state index contributed by atoms with van der Waals surface area (Å²) in [6.45, 7) is 0. The molecule has 302 valence electrons. The molecular weight excluding hydrogens is 761 g/mol. The maximum Gasteiger partial charge on any atom is 0.0645 e. The molecule has 9 rings (SSSR count). The Morgan fingerprint density at radius 1 is 0.145 bits per heavy atom. The summed E-state index contributed by atoms with van der Waals surface area (Å²) in [5.74, 6) is 0. The third-order valence-corrected chi connectivity index (χ3v) is 10.1. The summed E-state index contributed by atoms with van der Waals surface area (Å²) in [7, 11) is 0. The van der Waals surface area contributed by atoms with Crippen molar-refractivity contribution in [3.63, 3.8) is 0 Å². The molecule has 0 heterocycles. The number of nitrogens with one attached hydrogen (secondary N) is 8. The van der Waals surface area contributed by atoms with Gasteiger partial charge in [-0.3, -0.25) is 0 Å². The monoisotopic (exact) mass is 806 g/mol. The van der Waals surface area contributed by atoms with Gasteiger partial charge in [0.2, 0.25) is 0 Å². The summed E-state index contributed by atoms with van der Waals surface area (Å²) in [5, 5.41) is 28.8. The zero-order chi connectivity index (χ0) is 41.8. The van der Waals surface area contributed by atoms with Crippen LogP contribution in [0.25, 0.3) is 0 Å². The molecule has 0 saturated carbocycles. The Morgan fingerprint density at radius 2 is 0.290 bits per heavy atom. The second kappa shape index (κ2) is 19.0. The fourth-order valence-electron chi connectivity index (χ4n) is 6.94. The highest BCUT2D eigenvalue weighted by molar-refractivity contribution is 5.91. The molecule has 0 aromatic heterocycles. The molecule has 0 aliphatic heterocycles. The quantitative estimate of drug-likeness (QED) is 0.0489. The molecule has 8 heteroatoms. The number of para-hydroxylation sites is 4. The molecule has 0 unspecified atom stereocenters. The van der Waals surface area contributed by atoms with Gasteiger partial charge in [-0.15, -0.1) is 0 Å². The van der Waals surface area contributed by atoms with Crippen LogP contribution in [-0.2, 0) is 0 Å². The Hall–Kier alpha value is -8.62. The molecule has 0 atom stereocenters. The Bertz CT molecular complexity index is 2390. The largest absolute Gasteiger partial charge is 0.356 e. The van der Waals surface area contributed by atoms with Crippen LogP contribution in [0.15, 0.2) is 231 Å². The van der Waals surface area contributed by atoms with Crippen molar-refractivity contribution in [2.45, 2.75) is 0 Å². The number of rotatable bonds is 16. The van der Waals surface area contributed by atoms with Crippen molar-refractivity contribution in [1.29, 1.82) is 0 Å². The smallest absolute Gasteiger partial charge is 0.0645 e. The van der Waals surface area contributed by atoms with E-state index in [0.717, 1.165) is 91.0 Å². The van der Waals surface area contributed by atoms with Crippen LogP contribution in [0.3, 0.4) is 0 Å². The number of benzene rings is 9. The van der Waals surface area contributed by atoms with Crippen LogP contribution < -0.4 is 42.5 Å². The summed E-state index contributed by atoms with van der Waals surface area (Å²) in [6.07, 6.45) is 0. The average Bonchev–Trinajstić information content (AvgIpc) is 3.32. The van der Waals surface area contributed by atoms with E-state index < -0.39 is 0 Å². The molecule has 8 N–H and O–H groups in total. The highest BCUT2D eigenvalue weighted by Crippen LogP contribution is 2.40. The predicted octanol–water partition coefficient (Wildman–Crippen LogP) is 15.6. The second-order valence-corrected chi connectivity index (χ2v) is 14.7. The summed E-state index contributed by atoms with van der Waals surface area (Å²) in [6, 6.07) is 78.4. The van der Waals surface area contributed by atoms with Crippen molar-refractivity contribution >= 4 is 91.0 Å². The third kappa shape index (κ3) is 10.5. The zero-order valence-corrected chi connectivity index (χ0v) is 33.9. The van der Waals surface area contributed by atoms with Crippen LogP contribution in [0.2, 0.25) is 0 Å². The molecule has 0 aliphatic carbocycles. The minimum atomic E-state index is 0.887. The van der Waals surface area contributed by atoms with Crippen molar-refractivity contribution in [3.8, 4) is 0 Å². The molecule has 62 heavy (non-hydrogen) atoms. The highest BCUT2D eigenvalue weighted by Gasteiger charge is 2.14. The number of anilines is 16. The van der Waals surface area contributed by atoms with Gasteiger partial charge >= 0.3 is 0 Å². The summed E-state index contributed by atoms with van der Waals surface area (Å²) >= 11 is 0. The van der Waals surface area contributed by atoms with Gasteiger partial charge in [0.1, 0.15) is 0 Å². The topological polar surface area (TPSA) is 96.2 Å². The standard InChI is InChI=1S/C54H46N8/c1-5-13-39(14-6-1)55-43-21-29-47(30-22-43)59-51-37-53(61-49-33-25-45(26-34-49)57-41-17-9-3-10-18-41)54(62-50-35-27-46(28-36-50)58-42-19-11-4-12-20-42)38-52(51)60-48-31-23-44(24-32-48)56-40-15-7-2-8-16-40/h1-38,55-62H. The molecule has 0 spiro atoms. The van der Waals surface area contributed by atoms with Crippen LogP contribution in [-0.4, -0.2) is 0 Å². The maximum atomic E-state index is 3.72. The van der Waals surface area contributed by atoms with Gasteiger partial charge in [-0.05, 0) is 158 Å². The molecule has 0 radical (unpaired) electrons. The van der Waals surface area contributed by atoms with Gasteiger partial charge in [0, 0.05) is 68.2 Å². The van der Waals surface area contributed by atoms with E-state index in [1.54, 1.807) is 0 Å². The zero-order valence-electron chi connectivity index (χ0n) is 33.9. The Morgan fingerprint density at radius 3 is 0.468 bits per heavy atom. The van der Waals surface area contributed by atoms with Gasteiger partial charge in [0.05, 0.1) is 22.7 Å². The fraction of sp³-hybridized carbons (Fsp3) is 0. The van der Waals surface area contributed by atoms with E-state index in [4.69, 9.17) is 0 Å². The van der Waals surface area contributed by atoms with E-state index in [1.165, 1.54) is 0 Å². The van der Waals surface area contributed by atoms with Crippen molar-refractivity contribution < 1.29 is 0 Å². The van der Waals surface area contributed by atoms with Gasteiger partial charge in [-0.1, -0.05) is 72.8 Å². The van der Waals surface area contributed by atoms with Crippen LogP contribution in [0.4, 0.5) is 91.0 Å². The lowest BCUT2D eigenvalue weighted by atomic mass is 10.1. The molecule has 0 aliphatic rings. The van der Waals surface area contributed by atoms with Gasteiger partial charge in [0.15, 0.2) is 0 Å². The normalized spacial score (nSPS) is 10.6. The SMILES string of the molecule is c1ccc(Nc2ccc(Nc3cc(Nc4ccc(Nc5ccccc5)cc4)c(Nc4ccc(Nc5ccccc5)cc4)cc3Nc3ccc(Nc4ccccc4)cc3)cc2)cc1. The van der Waals surface area contributed by atoms with Crippen LogP contribution in [0.1, 0.15) is 0 Å². The molecule has 8 nitrogen and oxygen atoms in total. The minimum Gasteiger partial charge on any atom is -0.356 e. The molecule has 9 aromatic rings. The number of hydrogen-bond acceptors (Lipinski definition) is 8. The fourth-order valence-corrected chi connectivity index (χ4v) is 6.94. The van der Waals surface area contributed by atoms with Gasteiger partial charge in [-0.2, -0.15) is 0 Å². The lowest BCUT2D eigenvalue weighted by molar-refractivity contribution is 1.45. The molecular formula is C54H46N8. The van der Waals surface area contributed by atoms with Crippen molar-refractivity contribution in [2.75, 3.05) is 42.5 Å². The first-order valence-electron chi connectivity index (χ1n) is 20.6. The van der Waals surface area contributed by atoms with Gasteiger partial charge in [0.25, 0.3) is 0 Å². The first kappa shape index (κ1) is 38.9. The lowest BCUT2D eigenvalue weighted by Crippen LogP contribution is -2.04. The molecule has 0 amide bonds. The van der Waals surface area contributed by atoms with Crippen LogP contribution in [0.5, 0.6) is 0 Å². The molecule has 0 saturated heterocycles. The Balaban J connectivity index is 1.04. The minimum absolute atomic E-state index is 0.887. The third-order valence-electron chi connectivity index (χ3n) is 10.1. The number of hydrogen-bond donors (Lipinski definition) is 8.